The first kappa shape index (κ1) is 29.1. The third-order valence-corrected chi connectivity index (χ3v) is 6.48. The lowest BCUT2D eigenvalue weighted by Crippen LogP contribution is -2.58. The quantitative estimate of drug-likeness (QED) is 0.204. The smallest absolute Gasteiger partial charge is 0.191 e. The number of hydrogen-bond acceptors (Lipinski definition) is 4. The Morgan fingerprint density at radius 2 is 1.78 bits per heavy atom. The van der Waals surface area contributed by atoms with Crippen LogP contribution in [0.4, 0.5) is 0 Å². The lowest BCUT2D eigenvalue weighted by Gasteiger charge is -2.41. The summed E-state index contributed by atoms with van der Waals surface area (Å²) in [5.74, 6) is 0.885. The molecule has 1 aromatic rings. The molecule has 1 aromatic carbocycles. The van der Waals surface area contributed by atoms with Crippen LogP contribution < -0.4 is 16.0 Å². The molecule has 0 bridgehead atoms. The average Bonchev–Trinajstić information content (AvgIpc) is 2.80. The van der Waals surface area contributed by atoms with Crippen LogP contribution in [0.2, 0.25) is 0 Å². The Bertz CT molecular complexity index is 632. The molecule has 1 heterocycles. The molecule has 32 heavy (non-hydrogen) atoms. The molecule has 0 saturated carbocycles. The second kappa shape index (κ2) is 15.9. The summed E-state index contributed by atoms with van der Waals surface area (Å²) in [5.41, 5.74) is 1.31. The standard InChI is InChI=1S/C25H45N5O.HI/c1-6-30(7-2)17-11-12-21(3)28-24(26-5)27-20-25(15-18-31-19-16-25)29-22(4)23-13-9-8-10-14-23;/h8-10,13-14,21-22,29H,6-7,11-12,15-20H2,1-5H3,(H2,26,27,28);1H. The van der Waals surface area contributed by atoms with Gasteiger partial charge in [-0.1, -0.05) is 44.2 Å². The molecule has 0 spiro atoms. The molecule has 7 heteroatoms. The summed E-state index contributed by atoms with van der Waals surface area (Å²) in [4.78, 5) is 6.96. The van der Waals surface area contributed by atoms with Gasteiger partial charge in [-0.05, 0) is 64.7 Å². The van der Waals surface area contributed by atoms with Gasteiger partial charge in [-0.15, -0.1) is 24.0 Å². The van der Waals surface area contributed by atoms with Crippen LogP contribution in [0.3, 0.4) is 0 Å². The SMILES string of the molecule is CCN(CC)CCCC(C)NC(=NC)NCC1(NC(C)c2ccccc2)CCOCC1.I. The van der Waals surface area contributed by atoms with E-state index in [-0.39, 0.29) is 35.6 Å². The van der Waals surface area contributed by atoms with Gasteiger partial charge in [0.05, 0.1) is 0 Å². The van der Waals surface area contributed by atoms with Crippen LogP contribution in [0, 0.1) is 0 Å². The van der Waals surface area contributed by atoms with Crippen LogP contribution in [-0.2, 0) is 4.74 Å². The fourth-order valence-corrected chi connectivity index (χ4v) is 4.33. The zero-order valence-electron chi connectivity index (χ0n) is 20.8. The number of ether oxygens (including phenoxy) is 1. The molecule has 0 aromatic heterocycles. The molecule has 1 aliphatic rings. The summed E-state index contributed by atoms with van der Waals surface area (Å²) in [7, 11) is 1.86. The zero-order chi connectivity index (χ0) is 22.5. The van der Waals surface area contributed by atoms with E-state index in [4.69, 9.17) is 4.74 Å². The number of aliphatic imine (C=N–C) groups is 1. The zero-order valence-corrected chi connectivity index (χ0v) is 23.2. The summed E-state index contributed by atoms with van der Waals surface area (Å²) >= 11 is 0. The Balaban J connectivity index is 0.00000512. The predicted molar refractivity (Wildman–Crippen MR) is 147 cm³/mol. The van der Waals surface area contributed by atoms with Gasteiger partial charge in [0, 0.05) is 44.4 Å². The van der Waals surface area contributed by atoms with Crippen LogP contribution in [0.15, 0.2) is 35.3 Å². The van der Waals surface area contributed by atoms with Crippen molar-refractivity contribution in [1.82, 2.24) is 20.9 Å². The van der Waals surface area contributed by atoms with Crippen molar-refractivity contribution in [3.05, 3.63) is 35.9 Å². The van der Waals surface area contributed by atoms with E-state index in [1.807, 2.05) is 7.05 Å². The first-order valence-corrected chi connectivity index (χ1v) is 12.1. The maximum atomic E-state index is 5.67. The molecular formula is C25H46IN5O. The number of nitrogens with zero attached hydrogens (tertiary/aromatic N) is 2. The van der Waals surface area contributed by atoms with Gasteiger partial charge in [0.1, 0.15) is 0 Å². The number of rotatable bonds is 12. The first-order chi connectivity index (χ1) is 15.0. The van der Waals surface area contributed by atoms with E-state index >= 15 is 0 Å². The highest BCUT2D eigenvalue weighted by molar-refractivity contribution is 14.0. The van der Waals surface area contributed by atoms with E-state index in [2.05, 4.69) is 83.9 Å². The molecular weight excluding hydrogens is 513 g/mol. The molecule has 2 atom stereocenters. The van der Waals surface area contributed by atoms with Crippen LogP contribution in [0.1, 0.15) is 65.0 Å². The minimum atomic E-state index is -0.00286. The van der Waals surface area contributed by atoms with Gasteiger partial charge in [-0.3, -0.25) is 4.99 Å². The van der Waals surface area contributed by atoms with Crippen molar-refractivity contribution in [1.29, 1.82) is 0 Å². The highest BCUT2D eigenvalue weighted by Crippen LogP contribution is 2.25. The molecule has 0 aliphatic carbocycles. The fraction of sp³-hybridized carbons (Fsp3) is 0.720. The van der Waals surface area contributed by atoms with Crippen molar-refractivity contribution in [2.45, 2.75) is 71.0 Å². The van der Waals surface area contributed by atoms with Gasteiger partial charge >= 0.3 is 0 Å². The van der Waals surface area contributed by atoms with Crippen molar-refractivity contribution in [2.24, 2.45) is 4.99 Å². The molecule has 1 saturated heterocycles. The molecule has 1 aliphatic heterocycles. The molecule has 0 amide bonds. The molecule has 3 N–H and O–H groups in total. The number of nitrogens with one attached hydrogen (secondary N) is 3. The van der Waals surface area contributed by atoms with Crippen molar-refractivity contribution in [2.75, 3.05) is 46.4 Å². The van der Waals surface area contributed by atoms with Crippen molar-refractivity contribution < 1.29 is 4.74 Å². The second-order valence-electron chi connectivity index (χ2n) is 8.81. The average molecular weight is 560 g/mol. The minimum Gasteiger partial charge on any atom is -0.381 e. The Morgan fingerprint density at radius 3 is 2.38 bits per heavy atom. The summed E-state index contributed by atoms with van der Waals surface area (Å²) in [6.45, 7) is 14.8. The van der Waals surface area contributed by atoms with Gasteiger partial charge in [-0.2, -0.15) is 0 Å². The third-order valence-electron chi connectivity index (χ3n) is 6.48. The monoisotopic (exact) mass is 559 g/mol. The highest BCUT2D eigenvalue weighted by atomic mass is 127. The lowest BCUT2D eigenvalue weighted by atomic mass is 9.88. The van der Waals surface area contributed by atoms with Crippen LogP contribution >= 0.6 is 24.0 Å². The number of hydrogen-bond donors (Lipinski definition) is 3. The van der Waals surface area contributed by atoms with Gasteiger partial charge in [0.15, 0.2) is 5.96 Å². The Hall–Kier alpha value is -0.900. The van der Waals surface area contributed by atoms with E-state index in [1.54, 1.807) is 0 Å². The molecule has 184 valence electrons. The van der Waals surface area contributed by atoms with E-state index in [0.29, 0.717) is 6.04 Å². The number of halogens is 1. The van der Waals surface area contributed by atoms with Gasteiger partial charge < -0.3 is 25.6 Å². The molecule has 1 fully saturated rings. The minimum absolute atomic E-state index is 0. The van der Waals surface area contributed by atoms with Crippen molar-refractivity contribution >= 4 is 29.9 Å². The maximum Gasteiger partial charge on any atom is 0.191 e. The van der Waals surface area contributed by atoms with Gasteiger partial charge in [0.2, 0.25) is 0 Å². The maximum absolute atomic E-state index is 5.67. The van der Waals surface area contributed by atoms with E-state index in [1.165, 1.54) is 12.0 Å². The van der Waals surface area contributed by atoms with Crippen LogP contribution in [0.25, 0.3) is 0 Å². The third kappa shape index (κ3) is 9.93. The highest BCUT2D eigenvalue weighted by Gasteiger charge is 2.34. The lowest BCUT2D eigenvalue weighted by molar-refractivity contribution is 0.0354. The Morgan fingerprint density at radius 1 is 1.12 bits per heavy atom. The molecule has 6 nitrogen and oxygen atoms in total. The summed E-state index contributed by atoms with van der Waals surface area (Å²) in [6.07, 6.45) is 4.32. The topological polar surface area (TPSA) is 60.9 Å². The Kier molecular flexibility index (Phi) is 14.4. The van der Waals surface area contributed by atoms with E-state index in [9.17, 15) is 0 Å². The predicted octanol–water partition coefficient (Wildman–Crippen LogP) is 4.18. The van der Waals surface area contributed by atoms with Crippen molar-refractivity contribution in [3.63, 3.8) is 0 Å². The first-order valence-electron chi connectivity index (χ1n) is 12.1. The second-order valence-corrected chi connectivity index (χ2v) is 8.81. The number of benzene rings is 1. The van der Waals surface area contributed by atoms with Gasteiger partial charge in [-0.25, -0.2) is 0 Å². The largest absolute Gasteiger partial charge is 0.381 e. The summed E-state index contributed by atoms with van der Waals surface area (Å²) < 4.78 is 5.67. The van der Waals surface area contributed by atoms with Crippen LogP contribution in [0.5, 0.6) is 0 Å². The normalized spacial score (nSPS) is 18.0. The summed E-state index contributed by atoms with van der Waals surface area (Å²) in [6, 6.07) is 11.3. The van der Waals surface area contributed by atoms with E-state index < -0.39 is 0 Å². The molecule has 2 rings (SSSR count). The molecule has 2 unspecified atom stereocenters. The summed E-state index contributed by atoms with van der Waals surface area (Å²) in [5, 5.41) is 11.1. The molecule has 0 radical (unpaired) electrons. The van der Waals surface area contributed by atoms with Crippen LogP contribution in [-0.4, -0.2) is 68.9 Å². The van der Waals surface area contributed by atoms with Gasteiger partial charge in [0.25, 0.3) is 0 Å². The fourth-order valence-electron chi connectivity index (χ4n) is 4.33. The van der Waals surface area contributed by atoms with Crippen molar-refractivity contribution in [3.8, 4) is 0 Å². The Labute approximate surface area is 213 Å². The van der Waals surface area contributed by atoms with E-state index in [0.717, 1.165) is 64.6 Å². The number of guanidine groups is 1.